The molecular formula is C19H19ClFNO3. The lowest BCUT2D eigenvalue weighted by atomic mass is 9.91. The molecule has 2 aromatic carbocycles. The number of halogens is 2. The van der Waals surface area contributed by atoms with Gasteiger partial charge in [-0.3, -0.25) is 4.79 Å². The van der Waals surface area contributed by atoms with Crippen molar-refractivity contribution in [1.82, 2.24) is 5.32 Å². The van der Waals surface area contributed by atoms with Crippen LogP contribution in [-0.4, -0.2) is 29.8 Å². The third-order valence-electron chi connectivity index (χ3n) is 4.20. The van der Waals surface area contributed by atoms with Crippen molar-refractivity contribution in [1.29, 1.82) is 0 Å². The molecule has 1 aliphatic heterocycles. The first-order valence-electron chi connectivity index (χ1n) is 8.05. The third-order valence-corrected chi connectivity index (χ3v) is 4.51. The lowest BCUT2D eigenvalue weighted by Crippen LogP contribution is -2.32. The van der Waals surface area contributed by atoms with Gasteiger partial charge in [-0.05, 0) is 48.4 Å². The van der Waals surface area contributed by atoms with Gasteiger partial charge in [0.15, 0.2) is 0 Å². The molecule has 0 spiro atoms. The molecule has 0 saturated carbocycles. The number of carbonyl (C=O) groups is 1. The predicted molar refractivity (Wildman–Crippen MR) is 93.7 cm³/mol. The largest absolute Gasteiger partial charge is 0.487 e. The standard InChI is InChI=1S/C19H19ClFNO3/c1-19(10-12-2-4-15(20)16(21)8-12)11-14-9-13(3-5-17(14)25-19)18(24)22-6-7-23/h2-5,8-9,23H,6-7,10-11H2,1H3,(H,22,24)/t19-/m0/s1. The monoisotopic (exact) mass is 363 g/mol. The second-order valence-electron chi connectivity index (χ2n) is 6.46. The van der Waals surface area contributed by atoms with Gasteiger partial charge in [-0.15, -0.1) is 0 Å². The van der Waals surface area contributed by atoms with Crippen LogP contribution in [-0.2, 0) is 12.8 Å². The van der Waals surface area contributed by atoms with Gasteiger partial charge in [0.25, 0.3) is 5.91 Å². The summed E-state index contributed by atoms with van der Waals surface area (Å²) in [6.07, 6.45) is 1.15. The molecule has 1 aliphatic rings. The van der Waals surface area contributed by atoms with Crippen LogP contribution in [0.25, 0.3) is 0 Å². The number of hydrogen-bond acceptors (Lipinski definition) is 3. The number of benzene rings is 2. The summed E-state index contributed by atoms with van der Waals surface area (Å²) in [6.45, 7) is 2.08. The summed E-state index contributed by atoms with van der Waals surface area (Å²) < 4.78 is 19.7. The van der Waals surface area contributed by atoms with Crippen molar-refractivity contribution in [2.75, 3.05) is 13.2 Å². The van der Waals surface area contributed by atoms with E-state index in [-0.39, 0.29) is 24.1 Å². The van der Waals surface area contributed by atoms with E-state index in [1.54, 1.807) is 30.3 Å². The van der Waals surface area contributed by atoms with Gasteiger partial charge < -0.3 is 15.2 Å². The van der Waals surface area contributed by atoms with Crippen molar-refractivity contribution in [2.45, 2.75) is 25.4 Å². The maximum absolute atomic E-state index is 13.6. The van der Waals surface area contributed by atoms with E-state index < -0.39 is 11.4 Å². The zero-order valence-electron chi connectivity index (χ0n) is 13.8. The number of ether oxygens (including phenoxy) is 1. The average molecular weight is 364 g/mol. The molecule has 132 valence electrons. The van der Waals surface area contributed by atoms with Gasteiger partial charge in [0.05, 0.1) is 11.6 Å². The Bertz CT molecular complexity index is 811. The number of amides is 1. The van der Waals surface area contributed by atoms with Crippen molar-refractivity contribution < 1.29 is 19.0 Å². The molecule has 1 amide bonds. The lowest BCUT2D eigenvalue weighted by Gasteiger charge is -2.24. The van der Waals surface area contributed by atoms with E-state index in [0.717, 1.165) is 16.9 Å². The zero-order valence-corrected chi connectivity index (χ0v) is 14.6. The minimum Gasteiger partial charge on any atom is -0.487 e. The van der Waals surface area contributed by atoms with Crippen LogP contribution in [0.15, 0.2) is 36.4 Å². The molecule has 0 bridgehead atoms. The highest BCUT2D eigenvalue weighted by atomic mass is 35.5. The first kappa shape index (κ1) is 17.7. The number of rotatable bonds is 5. The Labute approximate surface area is 150 Å². The molecule has 25 heavy (non-hydrogen) atoms. The molecule has 0 unspecified atom stereocenters. The Morgan fingerprint density at radius 3 is 2.88 bits per heavy atom. The topological polar surface area (TPSA) is 58.6 Å². The van der Waals surface area contributed by atoms with E-state index in [4.69, 9.17) is 21.4 Å². The minimum absolute atomic E-state index is 0.100. The Morgan fingerprint density at radius 1 is 1.36 bits per heavy atom. The van der Waals surface area contributed by atoms with Gasteiger partial charge >= 0.3 is 0 Å². The number of fused-ring (bicyclic) bond motifs is 1. The Kier molecular flexibility index (Phi) is 4.97. The first-order valence-corrected chi connectivity index (χ1v) is 8.43. The number of aliphatic hydroxyl groups excluding tert-OH is 1. The average Bonchev–Trinajstić information content (AvgIpc) is 2.90. The van der Waals surface area contributed by atoms with Crippen LogP contribution in [0.3, 0.4) is 0 Å². The molecule has 2 N–H and O–H groups in total. The highest BCUT2D eigenvalue weighted by Crippen LogP contribution is 2.37. The third kappa shape index (κ3) is 3.94. The summed E-state index contributed by atoms with van der Waals surface area (Å²) >= 11 is 5.73. The van der Waals surface area contributed by atoms with Crippen LogP contribution >= 0.6 is 11.6 Å². The van der Waals surface area contributed by atoms with Crippen LogP contribution in [0, 0.1) is 5.82 Å². The van der Waals surface area contributed by atoms with Gasteiger partial charge in [-0.2, -0.15) is 0 Å². The van der Waals surface area contributed by atoms with E-state index in [1.807, 2.05) is 6.92 Å². The molecule has 0 radical (unpaired) electrons. The number of nitrogens with one attached hydrogen (secondary N) is 1. The SMILES string of the molecule is C[C@]1(Cc2ccc(Cl)c(F)c2)Cc2cc(C(=O)NCCO)ccc2O1. The predicted octanol–water partition coefficient (Wildman–Crippen LogP) is 3.14. The summed E-state index contributed by atoms with van der Waals surface area (Å²) in [6, 6.07) is 10.0. The van der Waals surface area contributed by atoms with Gasteiger partial charge in [0, 0.05) is 24.9 Å². The quantitative estimate of drug-likeness (QED) is 0.858. The first-order chi connectivity index (χ1) is 11.9. The summed E-state index contributed by atoms with van der Waals surface area (Å²) in [5, 5.41) is 11.5. The normalized spacial score (nSPS) is 18.6. The molecule has 0 saturated heterocycles. The number of hydrogen-bond donors (Lipinski definition) is 2. The Morgan fingerprint density at radius 2 is 2.16 bits per heavy atom. The highest BCUT2D eigenvalue weighted by Gasteiger charge is 2.35. The van der Waals surface area contributed by atoms with E-state index in [9.17, 15) is 9.18 Å². The molecule has 3 rings (SSSR count). The van der Waals surface area contributed by atoms with Crippen LogP contribution in [0.2, 0.25) is 5.02 Å². The summed E-state index contributed by atoms with van der Waals surface area (Å²) in [7, 11) is 0. The highest BCUT2D eigenvalue weighted by molar-refractivity contribution is 6.30. The van der Waals surface area contributed by atoms with Crippen molar-refractivity contribution in [3.8, 4) is 5.75 Å². The summed E-state index contributed by atoms with van der Waals surface area (Å²) in [5.41, 5.74) is 1.76. The smallest absolute Gasteiger partial charge is 0.251 e. The zero-order chi connectivity index (χ0) is 18.0. The molecule has 4 nitrogen and oxygen atoms in total. The van der Waals surface area contributed by atoms with Gasteiger partial charge in [-0.25, -0.2) is 4.39 Å². The summed E-state index contributed by atoms with van der Waals surface area (Å²) in [5.74, 6) is 0.0574. The van der Waals surface area contributed by atoms with E-state index in [0.29, 0.717) is 18.4 Å². The maximum Gasteiger partial charge on any atom is 0.251 e. The van der Waals surface area contributed by atoms with Crippen LogP contribution < -0.4 is 10.1 Å². The molecule has 2 aromatic rings. The van der Waals surface area contributed by atoms with E-state index in [2.05, 4.69) is 5.32 Å². The Hall–Kier alpha value is -2.11. The van der Waals surface area contributed by atoms with Crippen LogP contribution in [0.1, 0.15) is 28.4 Å². The van der Waals surface area contributed by atoms with E-state index >= 15 is 0 Å². The fourth-order valence-electron chi connectivity index (χ4n) is 3.11. The molecule has 0 aliphatic carbocycles. The van der Waals surface area contributed by atoms with E-state index in [1.165, 1.54) is 6.07 Å². The lowest BCUT2D eigenvalue weighted by molar-refractivity contribution is 0.0944. The maximum atomic E-state index is 13.6. The van der Waals surface area contributed by atoms with Crippen LogP contribution in [0.4, 0.5) is 4.39 Å². The molecule has 0 aromatic heterocycles. The Balaban J connectivity index is 1.75. The minimum atomic E-state index is -0.511. The summed E-state index contributed by atoms with van der Waals surface area (Å²) in [4.78, 5) is 12.0. The molecule has 0 fully saturated rings. The fourth-order valence-corrected chi connectivity index (χ4v) is 3.23. The second-order valence-corrected chi connectivity index (χ2v) is 6.86. The van der Waals surface area contributed by atoms with Gasteiger partial charge in [0.2, 0.25) is 0 Å². The fraction of sp³-hybridized carbons (Fsp3) is 0.316. The van der Waals surface area contributed by atoms with Crippen molar-refractivity contribution >= 4 is 17.5 Å². The molecule has 1 atom stereocenters. The molecule has 6 heteroatoms. The second kappa shape index (κ2) is 7.02. The molecule has 1 heterocycles. The van der Waals surface area contributed by atoms with Crippen LogP contribution in [0.5, 0.6) is 5.75 Å². The van der Waals surface area contributed by atoms with Crippen molar-refractivity contribution in [2.24, 2.45) is 0 Å². The van der Waals surface area contributed by atoms with Crippen molar-refractivity contribution in [3.05, 3.63) is 63.9 Å². The van der Waals surface area contributed by atoms with Gasteiger partial charge in [0.1, 0.15) is 17.2 Å². The van der Waals surface area contributed by atoms with Gasteiger partial charge in [-0.1, -0.05) is 17.7 Å². The molecular weight excluding hydrogens is 345 g/mol. The number of carbonyl (C=O) groups excluding carboxylic acids is 1. The van der Waals surface area contributed by atoms with Crippen molar-refractivity contribution in [3.63, 3.8) is 0 Å². The number of aliphatic hydroxyl groups is 1.